The number of aryl methyl sites for hydroxylation is 1. The Labute approximate surface area is 91.6 Å². The molecule has 0 spiro atoms. The Bertz CT molecular complexity index is 557. The Balaban J connectivity index is 2.25. The smallest absolute Gasteiger partial charge is 0.281 e. The summed E-state index contributed by atoms with van der Waals surface area (Å²) in [5.41, 5.74) is 0. The lowest BCUT2D eigenvalue weighted by molar-refractivity contribution is 0.597. The van der Waals surface area contributed by atoms with E-state index < -0.39 is 10.0 Å². The number of anilines is 1. The summed E-state index contributed by atoms with van der Waals surface area (Å²) >= 11 is 0. The average molecular weight is 242 g/mol. The average Bonchev–Trinajstić information content (AvgIpc) is 2.85. The summed E-state index contributed by atoms with van der Waals surface area (Å²) in [6.45, 7) is 1.87. The number of hydrogen-bond donors (Lipinski definition) is 3. The van der Waals surface area contributed by atoms with Gasteiger partial charge in [-0.05, 0) is 0 Å². The molecule has 2 rings (SSSR count). The molecule has 86 valence electrons. The summed E-state index contributed by atoms with van der Waals surface area (Å²) in [6.07, 6.45) is 3.11. The van der Waals surface area contributed by atoms with Gasteiger partial charge in [-0.3, -0.25) is 0 Å². The molecule has 3 N–H and O–H groups in total. The Morgan fingerprint density at radius 2 is 2.25 bits per heavy atom. The molecule has 8 nitrogen and oxygen atoms in total. The van der Waals surface area contributed by atoms with Crippen LogP contribution in [0.15, 0.2) is 17.6 Å². The molecular weight excluding hydrogens is 232 g/mol. The van der Waals surface area contributed by atoms with Crippen molar-refractivity contribution < 1.29 is 8.42 Å². The minimum atomic E-state index is -3.67. The molecule has 2 aromatic rings. The molecule has 0 amide bonds. The number of nitrogens with zero attached hydrogens (tertiary/aromatic N) is 3. The van der Waals surface area contributed by atoms with Crippen LogP contribution in [-0.2, 0) is 16.4 Å². The first-order valence-corrected chi connectivity index (χ1v) is 6.02. The molecule has 2 heterocycles. The number of aromatic nitrogens is 5. The molecule has 0 fully saturated rings. The molecule has 0 bridgehead atoms. The van der Waals surface area contributed by atoms with Crippen molar-refractivity contribution >= 4 is 16.0 Å². The first-order chi connectivity index (χ1) is 7.62. The SMILES string of the molecule is CCc1ncc(S(=O)(=O)Nc2ncn[nH]2)[nH]1. The maximum absolute atomic E-state index is 11.8. The highest BCUT2D eigenvalue weighted by molar-refractivity contribution is 7.92. The summed E-state index contributed by atoms with van der Waals surface area (Å²) in [7, 11) is -3.67. The molecule has 0 aliphatic carbocycles. The standard InChI is InChI=1S/C7H10N6O2S/c1-2-5-8-3-6(11-5)16(14,15)13-7-9-4-10-12-7/h3-4H,2H2,1H3,(H,8,11)(H2,9,10,12,13). The van der Waals surface area contributed by atoms with Gasteiger partial charge in [0.1, 0.15) is 12.2 Å². The van der Waals surface area contributed by atoms with Crippen LogP contribution >= 0.6 is 0 Å². The predicted octanol–water partition coefficient (Wildman–Crippen LogP) is -0.109. The first-order valence-electron chi connectivity index (χ1n) is 4.54. The second kappa shape index (κ2) is 3.93. The van der Waals surface area contributed by atoms with Gasteiger partial charge < -0.3 is 4.98 Å². The Morgan fingerprint density at radius 3 is 2.81 bits per heavy atom. The van der Waals surface area contributed by atoms with E-state index in [0.717, 1.165) is 0 Å². The number of sulfonamides is 1. The first kappa shape index (κ1) is 10.6. The number of hydrogen-bond acceptors (Lipinski definition) is 5. The summed E-state index contributed by atoms with van der Waals surface area (Å²) in [6, 6.07) is 0. The Hall–Kier alpha value is -1.90. The van der Waals surface area contributed by atoms with E-state index in [-0.39, 0.29) is 11.0 Å². The third-order valence-corrected chi connectivity index (χ3v) is 3.12. The van der Waals surface area contributed by atoms with E-state index in [2.05, 4.69) is 29.9 Å². The van der Waals surface area contributed by atoms with Gasteiger partial charge in [-0.1, -0.05) is 6.92 Å². The fourth-order valence-electron chi connectivity index (χ4n) is 1.10. The molecular formula is C7H10N6O2S. The lowest BCUT2D eigenvalue weighted by Crippen LogP contribution is -2.14. The molecule has 0 saturated heterocycles. The lowest BCUT2D eigenvalue weighted by atomic mass is 10.5. The molecule has 0 aromatic carbocycles. The molecule has 9 heteroatoms. The number of imidazole rings is 1. The van der Waals surface area contributed by atoms with Crippen LogP contribution in [0.2, 0.25) is 0 Å². The van der Waals surface area contributed by atoms with Crippen molar-refractivity contribution in [2.24, 2.45) is 0 Å². The van der Waals surface area contributed by atoms with Crippen LogP contribution in [0.3, 0.4) is 0 Å². The van der Waals surface area contributed by atoms with Crippen molar-refractivity contribution in [1.29, 1.82) is 0 Å². The van der Waals surface area contributed by atoms with Gasteiger partial charge in [0, 0.05) is 6.42 Å². The summed E-state index contributed by atoms with van der Waals surface area (Å²) in [5.74, 6) is 0.672. The molecule has 2 aromatic heterocycles. The van der Waals surface area contributed by atoms with Gasteiger partial charge in [0.25, 0.3) is 10.0 Å². The topological polar surface area (TPSA) is 116 Å². The predicted molar refractivity (Wildman–Crippen MR) is 55.2 cm³/mol. The van der Waals surface area contributed by atoms with Crippen LogP contribution < -0.4 is 4.72 Å². The third-order valence-electron chi connectivity index (χ3n) is 1.88. The van der Waals surface area contributed by atoms with Gasteiger partial charge in [0.15, 0.2) is 5.03 Å². The fourth-order valence-corrected chi connectivity index (χ4v) is 2.00. The highest BCUT2D eigenvalue weighted by atomic mass is 32.2. The molecule has 0 unspecified atom stereocenters. The molecule has 0 radical (unpaired) electrons. The fraction of sp³-hybridized carbons (Fsp3) is 0.286. The van der Waals surface area contributed by atoms with Gasteiger partial charge in [-0.15, -0.1) is 0 Å². The van der Waals surface area contributed by atoms with Crippen LogP contribution in [0.25, 0.3) is 0 Å². The molecule has 0 aliphatic rings. The van der Waals surface area contributed by atoms with Crippen LogP contribution in [0, 0.1) is 0 Å². The van der Waals surface area contributed by atoms with Gasteiger partial charge in [-0.25, -0.2) is 14.8 Å². The van der Waals surface area contributed by atoms with Crippen LogP contribution in [0.4, 0.5) is 5.95 Å². The minimum Gasteiger partial charge on any atom is -0.332 e. The Kier molecular flexibility index (Phi) is 2.60. The van der Waals surface area contributed by atoms with Crippen molar-refractivity contribution in [3.63, 3.8) is 0 Å². The van der Waals surface area contributed by atoms with Crippen LogP contribution in [0.1, 0.15) is 12.7 Å². The maximum atomic E-state index is 11.8. The number of H-pyrrole nitrogens is 2. The molecule has 16 heavy (non-hydrogen) atoms. The second-order valence-electron chi connectivity index (χ2n) is 2.99. The van der Waals surface area contributed by atoms with E-state index in [4.69, 9.17) is 0 Å². The summed E-state index contributed by atoms with van der Waals surface area (Å²) in [5, 5.41) is 5.93. The van der Waals surface area contributed by atoms with E-state index in [1.54, 1.807) is 0 Å². The minimum absolute atomic E-state index is 0.000694. The van der Waals surface area contributed by atoms with Crippen molar-refractivity contribution in [2.45, 2.75) is 18.4 Å². The third kappa shape index (κ3) is 2.03. The molecule has 0 atom stereocenters. The van der Waals surface area contributed by atoms with E-state index in [0.29, 0.717) is 12.2 Å². The van der Waals surface area contributed by atoms with Crippen LogP contribution in [-0.4, -0.2) is 33.6 Å². The van der Waals surface area contributed by atoms with Gasteiger partial charge in [0.2, 0.25) is 5.95 Å². The quantitative estimate of drug-likeness (QED) is 0.691. The number of nitrogens with one attached hydrogen (secondary N) is 3. The normalized spacial score (nSPS) is 11.6. The van der Waals surface area contributed by atoms with Crippen molar-refractivity contribution in [3.8, 4) is 0 Å². The second-order valence-corrected chi connectivity index (χ2v) is 4.64. The highest BCUT2D eigenvalue weighted by Gasteiger charge is 2.18. The zero-order valence-corrected chi connectivity index (χ0v) is 9.24. The summed E-state index contributed by atoms with van der Waals surface area (Å²) in [4.78, 5) is 10.3. The van der Waals surface area contributed by atoms with E-state index in [9.17, 15) is 8.42 Å². The zero-order chi connectivity index (χ0) is 11.6. The van der Waals surface area contributed by atoms with E-state index in [1.165, 1.54) is 12.5 Å². The molecule has 0 aliphatic heterocycles. The number of rotatable bonds is 4. The van der Waals surface area contributed by atoms with Gasteiger partial charge in [0.05, 0.1) is 6.20 Å². The maximum Gasteiger partial charge on any atom is 0.281 e. The molecule has 0 saturated carbocycles. The number of aromatic amines is 2. The van der Waals surface area contributed by atoms with Crippen molar-refractivity contribution in [3.05, 3.63) is 18.3 Å². The van der Waals surface area contributed by atoms with Crippen LogP contribution in [0.5, 0.6) is 0 Å². The van der Waals surface area contributed by atoms with Crippen molar-refractivity contribution in [1.82, 2.24) is 25.1 Å². The monoisotopic (exact) mass is 242 g/mol. The Morgan fingerprint density at radius 1 is 1.44 bits per heavy atom. The van der Waals surface area contributed by atoms with E-state index >= 15 is 0 Å². The van der Waals surface area contributed by atoms with Crippen molar-refractivity contribution in [2.75, 3.05) is 4.72 Å². The zero-order valence-electron chi connectivity index (χ0n) is 8.43. The van der Waals surface area contributed by atoms with Gasteiger partial charge >= 0.3 is 0 Å². The highest BCUT2D eigenvalue weighted by Crippen LogP contribution is 2.09. The lowest BCUT2D eigenvalue weighted by Gasteiger charge is -2.00. The van der Waals surface area contributed by atoms with E-state index in [1.807, 2.05) is 6.92 Å². The summed E-state index contributed by atoms with van der Waals surface area (Å²) < 4.78 is 25.7. The van der Waals surface area contributed by atoms with Gasteiger partial charge in [-0.2, -0.15) is 18.5 Å². The largest absolute Gasteiger partial charge is 0.332 e.